The minimum Gasteiger partial charge on any atom is -0.337 e. The van der Waals surface area contributed by atoms with E-state index in [9.17, 15) is 0 Å². The van der Waals surface area contributed by atoms with Crippen molar-refractivity contribution in [2.24, 2.45) is 7.05 Å². The highest BCUT2D eigenvalue weighted by Crippen LogP contribution is 1.92. The molecule has 0 aliphatic carbocycles. The van der Waals surface area contributed by atoms with E-state index in [0.29, 0.717) is 0 Å². The first-order chi connectivity index (χ1) is 6.74. The first kappa shape index (κ1) is 11.2. The molecule has 0 fully saturated rings. The summed E-state index contributed by atoms with van der Waals surface area (Å²) in [5.41, 5.74) is 0. The number of rotatable bonds is 6. The molecule has 0 aliphatic rings. The zero-order valence-electron chi connectivity index (χ0n) is 9.32. The molecular weight excluding hydrogens is 176 g/mol. The summed E-state index contributed by atoms with van der Waals surface area (Å²) in [4.78, 5) is 6.52. The molecule has 1 aromatic heterocycles. The second kappa shape index (κ2) is 5.78. The molecule has 1 N–H and O–H groups in total. The van der Waals surface area contributed by atoms with E-state index in [0.717, 1.165) is 32.0 Å². The van der Waals surface area contributed by atoms with E-state index in [1.807, 2.05) is 24.0 Å². The lowest BCUT2D eigenvalue weighted by Crippen LogP contribution is -2.29. The van der Waals surface area contributed by atoms with Crippen molar-refractivity contribution in [3.63, 3.8) is 0 Å². The topological polar surface area (TPSA) is 33.1 Å². The van der Waals surface area contributed by atoms with Crippen LogP contribution in [0.1, 0.15) is 12.7 Å². The van der Waals surface area contributed by atoms with Crippen LogP contribution >= 0.6 is 0 Å². The number of hydrogen-bond donors (Lipinski definition) is 1. The van der Waals surface area contributed by atoms with Gasteiger partial charge in [-0.2, -0.15) is 0 Å². The Labute approximate surface area is 85.9 Å². The maximum atomic E-state index is 4.24. The van der Waals surface area contributed by atoms with Crippen LogP contribution in [0.2, 0.25) is 0 Å². The van der Waals surface area contributed by atoms with E-state index in [-0.39, 0.29) is 0 Å². The fourth-order valence-corrected chi connectivity index (χ4v) is 1.20. The van der Waals surface area contributed by atoms with Gasteiger partial charge in [-0.3, -0.25) is 0 Å². The fourth-order valence-electron chi connectivity index (χ4n) is 1.20. The number of likely N-dealkylation sites (N-methyl/N-ethyl adjacent to an activating group) is 1. The van der Waals surface area contributed by atoms with Crippen molar-refractivity contribution in [3.05, 3.63) is 18.2 Å². The van der Waals surface area contributed by atoms with Gasteiger partial charge in [0.25, 0.3) is 0 Å². The Morgan fingerprint density at radius 2 is 2.36 bits per heavy atom. The van der Waals surface area contributed by atoms with Crippen molar-refractivity contribution in [3.8, 4) is 0 Å². The standard InChI is InChI=1S/C10H20N4/c1-4-13(2)7-5-11-9-10-12-6-8-14(10)3/h6,8,11H,4-5,7,9H2,1-3H3. The highest BCUT2D eigenvalue weighted by molar-refractivity contribution is 4.90. The van der Waals surface area contributed by atoms with E-state index < -0.39 is 0 Å². The predicted molar refractivity (Wildman–Crippen MR) is 58.1 cm³/mol. The van der Waals surface area contributed by atoms with Gasteiger partial charge in [-0.05, 0) is 13.6 Å². The second-order valence-electron chi connectivity index (χ2n) is 3.53. The number of imidazole rings is 1. The van der Waals surface area contributed by atoms with Gasteiger partial charge in [-0.25, -0.2) is 4.98 Å². The van der Waals surface area contributed by atoms with Crippen LogP contribution in [-0.4, -0.2) is 41.1 Å². The number of nitrogens with zero attached hydrogens (tertiary/aromatic N) is 3. The van der Waals surface area contributed by atoms with Gasteiger partial charge >= 0.3 is 0 Å². The summed E-state index contributed by atoms with van der Waals surface area (Å²) in [6.45, 7) is 6.21. The number of hydrogen-bond acceptors (Lipinski definition) is 3. The quantitative estimate of drug-likeness (QED) is 0.671. The Kier molecular flexibility index (Phi) is 4.62. The smallest absolute Gasteiger partial charge is 0.122 e. The summed E-state index contributed by atoms with van der Waals surface area (Å²) in [5, 5.41) is 3.37. The van der Waals surface area contributed by atoms with Crippen molar-refractivity contribution < 1.29 is 0 Å². The van der Waals surface area contributed by atoms with Crippen LogP contribution in [-0.2, 0) is 13.6 Å². The molecule has 0 radical (unpaired) electrons. The van der Waals surface area contributed by atoms with Crippen molar-refractivity contribution >= 4 is 0 Å². The molecule has 0 amide bonds. The summed E-state index contributed by atoms with van der Waals surface area (Å²) in [7, 11) is 4.14. The Balaban J connectivity index is 2.13. The highest BCUT2D eigenvalue weighted by atomic mass is 15.1. The molecule has 0 atom stereocenters. The number of aryl methyl sites for hydroxylation is 1. The van der Waals surface area contributed by atoms with Crippen LogP contribution < -0.4 is 5.32 Å². The molecule has 0 spiro atoms. The third kappa shape index (κ3) is 3.47. The van der Waals surface area contributed by atoms with Gasteiger partial charge in [0.2, 0.25) is 0 Å². The van der Waals surface area contributed by atoms with Crippen molar-refractivity contribution in [2.75, 3.05) is 26.7 Å². The van der Waals surface area contributed by atoms with Crippen LogP contribution in [0.25, 0.3) is 0 Å². The van der Waals surface area contributed by atoms with Crippen LogP contribution in [0.4, 0.5) is 0 Å². The minimum atomic E-state index is 0.848. The molecule has 0 saturated heterocycles. The molecule has 0 aliphatic heterocycles. The molecular formula is C10H20N4. The molecule has 4 heteroatoms. The first-order valence-corrected chi connectivity index (χ1v) is 5.09. The van der Waals surface area contributed by atoms with Gasteiger partial charge in [0.05, 0.1) is 6.54 Å². The van der Waals surface area contributed by atoms with Gasteiger partial charge in [-0.1, -0.05) is 6.92 Å². The van der Waals surface area contributed by atoms with Gasteiger partial charge in [0.1, 0.15) is 5.82 Å². The van der Waals surface area contributed by atoms with E-state index in [1.165, 1.54) is 0 Å². The second-order valence-corrected chi connectivity index (χ2v) is 3.53. The Morgan fingerprint density at radius 1 is 1.57 bits per heavy atom. The molecule has 1 aromatic rings. The molecule has 1 heterocycles. The summed E-state index contributed by atoms with van der Waals surface area (Å²) in [5.74, 6) is 1.09. The third-order valence-electron chi connectivity index (χ3n) is 2.41. The van der Waals surface area contributed by atoms with E-state index >= 15 is 0 Å². The number of nitrogens with one attached hydrogen (secondary N) is 1. The summed E-state index contributed by atoms with van der Waals surface area (Å²) < 4.78 is 2.04. The molecule has 14 heavy (non-hydrogen) atoms. The van der Waals surface area contributed by atoms with Gasteiger partial charge < -0.3 is 14.8 Å². The molecule has 4 nitrogen and oxygen atoms in total. The summed E-state index contributed by atoms with van der Waals surface area (Å²) >= 11 is 0. The Bertz CT molecular complexity index is 256. The van der Waals surface area contributed by atoms with Crippen LogP contribution in [0.5, 0.6) is 0 Å². The molecule has 0 saturated carbocycles. The zero-order chi connectivity index (χ0) is 10.4. The minimum absolute atomic E-state index is 0.848. The average molecular weight is 196 g/mol. The largest absolute Gasteiger partial charge is 0.337 e. The lowest BCUT2D eigenvalue weighted by Gasteiger charge is -2.13. The maximum absolute atomic E-state index is 4.24. The van der Waals surface area contributed by atoms with Crippen LogP contribution in [0, 0.1) is 0 Å². The predicted octanol–water partition coefficient (Wildman–Crippen LogP) is 0.461. The van der Waals surface area contributed by atoms with Gasteiger partial charge in [-0.15, -0.1) is 0 Å². The third-order valence-corrected chi connectivity index (χ3v) is 2.41. The average Bonchev–Trinajstić information content (AvgIpc) is 2.58. The molecule has 80 valence electrons. The molecule has 1 rings (SSSR count). The SMILES string of the molecule is CCN(C)CCNCc1nccn1C. The van der Waals surface area contributed by atoms with Crippen LogP contribution in [0.3, 0.4) is 0 Å². The highest BCUT2D eigenvalue weighted by Gasteiger charge is 1.98. The summed E-state index contributed by atoms with van der Waals surface area (Å²) in [6.07, 6.45) is 3.80. The van der Waals surface area contributed by atoms with Gasteiger partial charge in [0, 0.05) is 32.5 Å². The maximum Gasteiger partial charge on any atom is 0.122 e. The van der Waals surface area contributed by atoms with Crippen LogP contribution in [0.15, 0.2) is 12.4 Å². The van der Waals surface area contributed by atoms with Crippen molar-refractivity contribution in [1.82, 2.24) is 19.8 Å². The summed E-state index contributed by atoms with van der Waals surface area (Å²) in [6, 6.07) is 0. The van der Waals surface area contributed by atoms with E-state index in [1.54, 1.807) is 0 Å². The normalized spacial score (nSPS) is 11.1. The van der Waals surface area contributed by atoms with Gasteiger partial charge in [0.15, 0.2) is 0 Å². The first-order valence-electron chi connectivity index (χ1n) is 5.09. The van der Waals surface area contributed by atoms with E-state index in [4.69, 9.17) is 0 Å². The van der Waals surface area contributed by atoms with Crippen molar-refractivity contribution in [1.29, 1.82) is 0 Å². The molecule has 0 unspecified atom stereocenters. The molecule has 0 aromatic carbocycles. The van der Waals surface area contributed by atoms with E-state index in [2.05, 4.69) is 29.2 Å². The Hall–Kier alpha value is -0.870. The lowest BCUT2D eigenvalue weighted by atomic mass is 10.5. The Morgan fingerprint density at radius 3 is 2.93 bits per heavy atom. The molecule has 0 bridgehead atoms. The lowest BCUT2D eigenvalue weighted by molar-refractivity contribution is 0.348. The van der Waals surface area contributed by atoms with Crippen molar-refractivity contribution in [2.45, 2.75) is 13.5 Å². The monoisotopic (exact) mass is 196 g/mol. The zero-order valence-corrected chi connectivity index (χ0v) is 9.32. The fraction of sp³-hybridized carbons (Fsp3) is 0.700. The number of aromatic nitrogens is 2.